The summed E-state index contributed by atoms with van der Waals surface area (Å²) in [5.74, 6) is -2.29. The molecule has 0 aliphatic carbocycles. The average molecular weight is 750 g/mol. The molecule has 0 unspecified atom stereocenters. The van der Waals surface area contributed by atoms with E-state index in [0.717, 1.165) is 29.9 Å². The van der Waals surface area contributed by atoms with Gasteiger partial charge in [0.1, 0.15) is 24.7 Å². The van der Waals surface area contributed by atoms with Crippen molar-refractivity contribution in [1.82, 2.24) is 29.8 Å². The molecule has 0 atom stereocenters. The topological polar surface area (TPSA) is 282 Å². The van der Waals surface area contributed by atoms with Crippen LogP contribution in [0.5, 0.6) is 0 Å². The lowest BCUT2D eigenvalue weighted by Gasteiger charge is -2.14. The first-order chi connectivity index (χ1) is 23.4. The van der Waals surface area contributed by atoms with E-state index in [-0.39, 0.29) is 54.0 Å². The highest BCUT2D eigenvalue weighted by molar-refractivity contribution is 6.76. The number of carbonyl (C=O) groups excluding carboxylic acids is 3. The molecule has 24 heteroatoms. The minimum atomic E-state index is -0.878. The molecule has 0 bridgehead atoms. The number of nitrogens with one attached hydrogen (secondary N) is 1. The Balaban J connectivity index is 0.000000649. The van der Waals surface area contributed by atoms with Crippen molar-refractivity contribution in [2.24, 2.45) is 14.1 Å². The Labute approximate surface area is 291 Å². The van der Waals surface area contributed by atoms with Crippen molar-refractivity contribution >= 4 is 54.6 Å². The van der Waals surface area contributed by atoms with Crippen LogP contribution in [0.2, 0.25) is 25.7 Å². The SMILES string of the molecule is CCOC(=O)c1[nH]ncc1[N+](=O)[O-].CCOC(=O)c1c([N+](=O)[O-])cnn1C.CCOC(=O)c1nn(C)cc1[N+](=O)[O-].C[Si](C)(C)CCOCCl. The Kier molecular flexibility index (Phi) is 20.0. The number of hydrogen-bond acceptors (Lipinski definition) is 16. The fourth-order valence-electron chi connectivity index (χ4n) is 3.15. The summed E-state index contributed by atoms with van der Waals surface area (Å²) in [6, 6.07) is 1.55. The van der Waals surface area contributed by atoms with Gasteiger partial charge < -0.3 is 18.9 Å². The molecule has 0 fully saturated rings. The zero-order valence-electron chi connectivity index (χ0n) is 28.7. The first-order valence-electron chi connectivity index (χ1n) is 14.5. The van der Waals surface area contributed by atoms with Gasteiger partial charge in [-0.2, -0.15) is 15.3 Å². The zero-order valence-corrected chi connectivity index (χ0v) is 30.5. The van der Waals surface area contributed by atoms with Crippen LogP contribution in [0.1, 0.15) is 52.2 Å². The second kappa shape index (κ2) is 22.4. The maximum atomic E-state index is 11.3. The predicted octanol–water partition coefficient (Wildman–Crippen LogP) is 4.04. The number of aromatic nitrogens is 6. The molecular formula is C26H40ClN9O13Si. The third-order valence-electron chi connectivity index (χ3n) is 5.43. The third-order valence-corrected chi connectivity index (χ3v) is 7.29. The molecule has 0 radical (unpaired) electrons. The third kappa shape index (κ3) is 15.7. The summed E-state index contributed by atoms with van der Waals surface area (Å²) < 4.78 is 21.2. The maximum absolute atomic E-state index is 11.3. The van der Waals surface area contributed by atoms with Gasteiger partial charge in [-0.3, -0.25) is 44.8 Å². The molecule has 278 valence electrons. The highest BCUT2D eigenvalue weighted by Crippen LogP contribution is 2.18. The van der Waals surface area contributed by atoms with Crippen molar-refractivity contribution < 1.29 is 48.1 Å². The fraction of sp³-hybridized carbons (Fsp3) is 0.538. The summed E-state index contributed by atoms with van der Waals surface area (Å²) in [7, 11) is 2.06. The number of aryl methyl sites for hydroxylation is 2. The maximum Gasteiger partial charge on any atom is 0.366 e. The lowest BCUT2D eigenvalue weighted by Crippen LogP contribution is -2.21. The predicted molar refractivity (Wildman–Crippen MR) is 178 cm³/mol. The van der Waals surface area contributed by atoms with Crippen molar-refractivity contribution in [3.05, 3.63) is 66.0 Å². The molecule has 3 heterocycles. The van der Waals surface area contributed by atoms with Gasteiger partial charge in [0.05, 0.1) is 34.6 Å². The summed E-state index contributed by atoms with van der Waals surface area (Å²) in [5.41, 5.74) is -1.70. The largest absolute Gasteiger partial charge is 0.461 e. The molecule has 0 aliphatic rings. The van der Waals surface area contributed by atoms with E-state index in [2.05, 4.69) is 54.2 Å². The molecule has 3 aromatic heterocycles. The van der Waals surface area contributed by atoms with E-state index in [0.29, 0.717) is 6.07 Å². The lowest BCUT2D eigenvalue weighted by molar-refractivity contribution is -0.385. The molecule has 0 saturated heterocycles. The quantitative estimate of drug-likeness (QED) is 0.0490. The molecule has 3 aromatic rings. The van der Waals surface area contributed by atoms with Crippen molar-refractivity contribution in [2.75, 3.05) is 32.5 Å². The number of rotatable bonds is 13. The van der Waals surface area contributed by atoms with E-state index in [1.807, 2.05) is 0 Å². The second-order valence-electron chi connectivity index (χ2n) is 10.4. The Morgan fingerprint density at radius 2 is 1.36 bits per heavy atom. The lowest BCUT2D eigenvalue weighted by atomic mass is 10.4. The second-order valence-corrected chi connectivity index (χ2v) is 16.3. The Morgan fingerprint density at radius 1 is 0.840 bits per heavy atom. The number of ether oxygens (including phenoxy) is 4. The van der Waals surface area contributed by atoms with Gasteiger partial charge in [-0.15, -0.1) is 0 Å². The van der Waals surface area contributed by atoms with Gasteiger partial charge in [-0.05, 0) is 26.8 Å². The molecule has 0 saturated carbocycles. The van der Waals surface area contributed by atoms with E-state index in [1.54, 1.807) is 20.8 Å². The molecular weight excluding hydrogens is 710 g/mol. The van der Waals surface area contributed by atoms with Gasteiger partial charge in [-0.1, -0.05) is 31.2 Å². The molecule has 0 amide bonds. The van der Waals surface area contributed by atoms with Gasteiger partial charge in [0, 0.05) is 28.8 Å². The molecule has 0 aliphatic heterocycles. The first-order valence-corrected chi connectivity index (χ1v) is 18.8. The number of nitro groups is 3. The van der Waals surface area contributed by atoms with Crippen LogP contribution in [0.4, 0.5) is 17.1 Å². The smallest absolute Gasteiger partial charge is 0.366 e. The molecule has 50 heavy (non-hydrogen) atoms. The average Bonchev–Trinajstić information content (AvgIpc) is 3.77. The van der Waals surface area contributed by atoms with Crippen LogP contribution in [0.25, 0.3) is 0 Å². The summed E-state index contributed by atoms with van der Waals surface area (Å²) in [4.78, 5) is 62.8. The first kappa shape index (κ1) is 44.7. The molecule has 3 rings (SSSR count). The van der Waals surface area contributed by atoms with Crippen LogP contribution in [0.15, 0.2) is 18.6 Å². The van der Waals surface area contributed by atoms with Crippen LogP contribution < -0.4 is 0 Å². The summed E-state index contributed by atoms with van der Waals surface area (Å²) in [6.45, 7) is 13.1. The molecule has 1 N–H and O–H groups in total. The number of esters is 3. The number of hydrogen-bond donors (Lipinski definition) is 1. The zero-order chi connectivity index (χ0) is 38.6. The number of nitrogens with zero attached hydrogens (tertiary/aromatic N) is 8. The Morgan fingerprint density at radius 3 is 1.84 bits per heavy atom. The van der Waals surface area contributed by atoms with Crippen LogP contribution in [0, 0.1) is 30.3 Å². The van der Waals surface area contributed by atoms with Crippen LogP contribution in [-0.2, 0) is 33.0 Å². The number of alkyl halides is 1. The van der Waals surface area contributed by atoms with E-state index in [4.69, 9.17) is 16.3 Å². The number of carbonyl (C=O) groups is 3. The van der Waals surface area contributed by atoms with Gasteiger partial charge >= 0.3 is 35.0 Å². The summed E-state index contributed by atoms with van der Waals surface area (Å²) in [6.07, 6.45) is 3.14. The van der Waals surface area contributed by atoms with Gasteiger partial charge in [-0.25, -0.2) is 14.4 Å². The molecule has 0 spiro atoms. The number of aromatic amines is 1. The van der Waals surface area contributed by atoms with E-state index < -0.39 is 40.8 Å². The van der Waals surface area contributed by atoms with Gasteiger partial charge in [0.2, 0.25) is 17.1 Å². The highest BCUT2D eigenvalue weighted by atomic mass is 35.5. The van der Waals surface area contributed by atoms with Gasteiger partial charge in [0.15, 0.2) is 0 Å². The van der Waals surface area contributed by atoms with Gasteiger partial charge in [0.25, 0.3) is 0 Å². The fourth-order valence-corrected chi connectivity index (χ4v) is 4.02. The van der Waals surface area contributed by atoms with Crippen LogP contribution in [0.3, 0.4) is 0 Å². The van der Waals surface area contributed by atoms with E-state index >= 15 is 0 Å². The highest BCUT2D eigenvalue weighted by Gasteiger charge is 2.27. The minimum Gasteiger partial charge on any atom is -0.461 e. The minimum absolute atomic E-state index is 0.142. The molecule has 0 aromatic carbocycles. The van der Waals surface area contributed by atoms with Crippen molar-refractivity contribution in [3.63, 3.8) is 0 Å². The van der Waals surface area contributed by atoms with Crippen molar-refractivity contribution in [2.45, 2.75) is 46.5 Å². The number of H-pyrrole nitrogens is 1. The van der Waals surface area contributed by atoms with Crippen molar-refractivity contribution in [1.29, 1.82) is 0 Å². The standard InChI is InChI=1S/2C7H9N3O4.C6H15ClOSi.C6H7N3O4/c1-3-14-7(11)6-5(10(12)13)4-9(2)8-6;1-3-14-7(11)6-5(10(12)13)4-8-9(6)2;1-9(2,3)5-4-8-6-7;1-2-13-6(10)5-4(9(11)12)3-7-8-5/h2*4H,3H2,1-2H3;4-6H2,1-3H3;3H,2H2,1H3,(H,7,8). The monoisotopic (exact) mass is 749 g/mol. The number of halogens is 1. The Hall–Kier alpha value is -5.29. The normalized spacial score (nSPS) is 10.2. The summed E-state index contributed by atoms with van der Waals surface area (Å²) in [5, 5.41) is 44.2. The molecule has 22 nitrogen and oxygen atoms in total. The van der Waals surface area contributed by atoms with Crippen LogP contribution in [-0.4, -0.2) is 103 Å². The van der Waals surface area contributed by atoms with Crippen molar-refractivity contribution in [3.8, 4) is 0 Å². The van der Waals surface area contributed by atoms with E-state index in [9.17, 15) is 44.7 Å². The summed E-state index contributed by atoms with van der Waals surface area (Å²) >= 11 is 5.32. The van der Waals surface area contributed by atoms with E-state index in [1.165, 1.54) is 24.8 Å². The Bertz CT molecular complexity index is 1570. The van der Waals surface area contributed by atoms with Crippen LogP contribution >= 0.6 is 11.6 Å².